The molecule has 0 aromatic heterocycles. The van der Waals surface area contributed by atoms with Gasteiger partial charge in [0.1, 0.15) is 0 Å². The third-order valence-electron chi connectivity index (χ3n) is 6.10. The lowest BCUT2D eigenvalue weighted by molar-refractivity contribution is -0.148. The maximum absolute atomic E-state index is 13.3. The van der Waals surface area contributed by atoms with Gasteiger partial charge in [0.15, 0.2) is 0 Å². The average molecular weight is 293 g/mol. The monoisotopic (exact) mass is 293 g/mol. The Kier molecular flexibility index (Phi) is 4.55. The Bertz CT molecular complexity index is 376. The average Bonchev–Trinajstić information content (AvgIpc) is 2.80. The van der Waals surface area contributed by atoms with Crippen LogP contribution in [0.4, 0.5) is 0 Å². The first-order chi connectivity index (χ1) is 10.2. The van der Waals surface area contributed by atoms with E-state index >= 15 is 0 Å². The van der Waals surface area contributed by atoms with Crippen LogP contribution in [0.1, 0.15) is 58.3 Å². The van der Waals surface area contributed by atoms with Crippen molar-refractivity contribution in [2.75, 3.05) is 26.2 Å². The van der Waals surface area contributed by atoms with Crippen LogP contribution in [0.25, 0.3) is 0 Å². The molecule has 0 aromatic rings. The maximum atomic E-state index is 13.3. The summed E-state index contributed by atoms with van der Waals surface area (Å²) in [5.74, 6) is 0.367. The molecule has 0 spiro atoms. The maximum Gasteiger partial charge on any atom is 0.230 e. The Morgan fingerprint density at radius 2 is 1.86 bits per heavy atom. The predicted octanol–water partition coefficient (Wildman–Crippen LogP) is 1.98. The summed E-state index contributed by atoms with van der Waals surface area (Å²) in [5, 5.41) is 0. The van der Waals surface area contributed by atoms with Gasteiger partial charge in [-0.05, 0) is 39.2 Å². The number of fused-ring (bicyclic) bond motifs is 1. The van der Waals surface area contributed by atoms with Gasteiger partial charge in [0.2, 0.25) is 5.91 Å². The summed E-state index contributed by atoms with van der Waals surface area (Å²) in [6.07, 6.45) is 9.41. The molecule has 2 unspecified atom stereocenters. The fraction of sp³-hybridized carbons (Fsp3) is 0.941. The van der Waals surface area contributed by atoms with E-state index in [-0.39, 0.29) is 5.41 Å². The fourth-order valence-corrected chi connectivity index (χ4v) is 4.69. The van der Waals surface area contributed by atoms with Crippen molar-refractivity contribution in [3.05, 3.63) is 0 Å². The van der Waals surface area contributed by atoms with Crippen LogP contribution in [0.2, 0.25) is 0 Å². The van der Waals surface area contributed by atoms with Crippen molar-refractivity contribution in [2.24, 2.45) is 11.1 Å². The van der Waals surface area contributed by atoms with Crippen molar-refractivity contribution in [2.45, 2.75) is 70.4 Å². The van der Waals surface area contributed by atoms with Crippen molar-refractivity contribution < 1.29 is 4.79 Å². The molecular weight excluding hydrogens is 262 g/mol. The highest BCUT2D eigenvalue weighted by atomic mass is 16.2. The van der Waals surface area contributed by atoms with Crippen LogP contribution in [-0.4, -0.2) is 54.0 Å². The van der Waals surface area contributed by atoms with E-state index in [0.717, 1.165) is 25.9 Å². The van der Waals surface area contributed by atoms with Gasteiger partial charge in [-0.2, -0.15) is 0 Å². The molecule has 21 heavy (non-hydrogen) atoms. The molecule has 1 amide bonds. The van der Waals surface area contributed by atoms with E-state index in [9.17, 15) is 4.79 Å². The fourth-order valence-electron chi connectivity index (χ4n) is 4.69. The minimum Gasteiger partial charge on any atom is -0.337 e. The molecule has 2 aliphatic heterocycles. The lowest BCUT2D eigenvalue weighted by Crippen LogP contribution is -2.60. The number of carbonyl (C=O) groups excluding carboxylic acids is 1. The van der Waals surface area contributed by atoms with Crippen molar-refractivity contribution in [3.8, 4) is 0 Å². The van der Waals surface area contributed by atoms with E-state index in [0.29, 0.717) is 24.5 Å². The van der Waals surface area contributed by atoms with Crippen LogP contribution in [0.3, 0.4) is 0 Å². The number of rotatable bonds is 2. The van der Waals surface area contributed by atoms with Gasteiger partial charge in [-0.3, -0.25) is 9.69 Å². The number of carbonyl (C=O) groups is 1. The molecular formula is C17H31N3O. The quantitative estimate of drug-likeness (QED) is 0.792. The van der Waals surface area contributed by atoms with Gasteiger partial charge in [0.05, 0.1) is 5.41 Å². The zero-order valence-electron chi connectivity index (χ0n) is 13.5. The largest absolute Gasteiger partial charge is 0.337 e. The topological polar surface area (TPSA) is 49.6 Å². The summed E-state index contributed by atoms with van der Waals surface area (Å²) in [6.45, 7) is 5.95. The van der Waals surface area contributed by atoms with Gasteiger partial charge in [-0.15, -0.1) is 0 Å². The Morgan fingerprint density at radius 1 is 1.14 bits per heavy atom. The molecule has 0 bridgehead atoms. The van der Waals surface area contributed by atoms with Crippen molar-refractivity contribution >= 4 is 5.91 Å². The van der Waals surface area contributed by atoms with E-state index in [2.05, 4.69) is 16.7 Å². The third kappa shape index (κ3) is 2.85. The zero-order chi connectivity index (χ0) is 14.9. The molecule has 4 nitrogen and oxygen atoms in total. The highest BCUT2D eigenvalue weighted by Crippen LogP contribution is 2.38. The lowest BCUT2D eigenvalue weighted by Gasteiger charge is -2.46. The van der Waals surface area contributed by atoms with Crippen LogP contribution in [0.15, 0.2) is 0 Å². The molecule has 4 heteroatoms. The van der Waals surface area contributed by atoms with Crippen LogP contribution in [0, 0.1) is 5.41 Å². The molecule has 2 atom stereocenters. The zero-order valence-corrected chi connectivity index (χ0v) is 13.5. The summed E-state index contributed by atoms with van der Waals surface area (Å²) < 4.78 is 0. The molecule has 0 radical (unpaired) electrons. The van der Waals surface area contributed by atoms with Crippen molar-refractivity contribution in [3.63, 3.8) is 0 Å². The minimum absolute atomic E-state index is 0.258. The van der Waals surface area contributed by atoms with Gasteiger partial charge >= 0.3 is 0 Å². The Morgan fingerprint density at radius 3 is 2.52 bits per heavy atom. The van der Waals surface area contributed by atoms with Crippen LogP contribution in [-0.2, 0) is 4.79 Å². The second-order valence-electron chi connectivity index (χ2n) is 7.50. The van der Waals surface area contributed by atoms with Gasteiger partial charge in [-0.25, -0.2) is 0 Å². The first-order valence-corrected chi connectivity index (χ1v) is 8.91. The summed E-state index contributed by atoms with van der Waals surface area (Å²) in [7, 11) is 0. The first kappa shape index (κ1) is 15.3. The Labute approximate surface area is 129 Å². The van der Waals surface area contributed by atoms with E-state index < -0.39 is 0 Å². The lowest BCUT2D eigenvalue weighted by atomic mass is 9.78. The summed E-state index contributed by atoms with van der Waals surface area (Å²) in [6, 6.07) is 0.948. The van der Waals surface area contributed by atoms with Crippen molar-refractivity contribution in [1.82, 2.24) is 9.80 Å². The number of nitrogens with zero attached hydrogens (tertiary/aromatic N) is 2. The number of nitrogens with two attached hydrogens (primary N) is 1. The van der Waals surface area contributed by atoms with Crippen LogP contribution < -0.4 is 5.73 Å². The highest BCUT2D eigenvalue weighted by Gasteiger charge is 2.44. The van der Waals surface area contributed by atoms with E-state index in [1.165, 1.54) is 45.1 Å². The number of piperazine rings is 1. The third-order valence-corrected chi connectivity index (χ3v) is 6.10. The molecule has 120 valence electrons. The molecule has 3 fully saturated rings. The molecule has 1 aliphatic carbocycles. The second-order valence-corrected chi connectivity index (χ2v) is 7.50. The van der Waals surface area contributed by atoms with Gasteiger partial charge in [0.25, 0.3) is 0 Å². The summed E-state index contributed by atoms with van der Waals surface area (Å²) in [4.78, 5) is 18.1. The molecule has 0 aromatic carbocycles. The molecule has 3 rings (SSSR count). The first-order valence-electron chi connectivity index (χ1n) is 8.91. The number of hydrogen-bond acceptors (Lipinski definition) is 3. The van der Waals surface area contributed by atoms with Crippen molar-refractivity contribution in [1.29, 1.82) is 0 Å². The molecule has 3 aliphatic rings. The molecule has 2 N–H and O–H groups in total. The molecule has 1 saturated carbocycles. The summed E-state index contributed by atoms with van der Waals surface area (Å²) in [5.41, 5.74) is 5.85. The van der Waals surface area contributed by atoms with E-state index in [1.54, 1.807) is 0 Å². The minimum atomic E-state index is -0.258. The SMILES string of the molecule is CC1CN2CCCC2CN1C(=O)C1(CN)CCCCCC1. The number of amides is 1. The van der Waals surface area contributed by atoms with Crippen LogP contribution >= 0.6 is 0 Å². The van der Waals surface area contributed by atoms with E-state index in [1.807, 2.05) is 0 Å². The normalized spacial score (nSPS) is 33.5. The molecule has 2 heterocycles. The highest BCUT2D eigenvalue weighted by molar-refractivity contribution is 5.83. The second kappa shape index (κ2) is 6.25. The van der Waals surface area contributed by atoms with Crippen LogP contribution in [0.5, 0.6) is 0 Å². The van der Waals surface area contributed by atoms with Gasteiger partial charge in [-0.1, -0.05) is 25.7 Å². The van der Waals surface area contributed by atoms with E-state index in [4.69, 9.17) is 5.73 Å². The van der Waals surface area contributed by atoms with Gasteiger partial charge in [0, 0.05) is 31.7 Å². The Hall–Kier alpha value is -0.610. The predicted molar refractivity (Wildman–Crippen MR) is 85.0 cm³/mol. The smallest absolute Gasteiger partial charge is 0.230 e. The van der Waals surface area contributed by atoms with Gasteiger partial charge < -0.3 is 10.6 Å². The Balaban J connectivity index is 1.75. The molecule has 2 saturated heterocycles. The summed E-state index contributed by atoms with van der Waals surface area (Å²) >= 11 is 0. The number of hydrogen-bond donors (Lipinski definition) is 1. The standard InChI is InChI=1S/C17H31N3O/c1-14-11-19-10-6-7-15(19)12-20(14)16(21)17(13-18)8-4-2-3-5-9-17/h14-15H,2-13,18H2,1H3.